The average Bonchev–Trinajstić information content (AvgIpc) is 1.64. The quantitative estimate of drug-likeness (QED) is 0.433. The van der Waals surface area contributed by atoms with Gasteiger partial charge in [0.15, 0.2) is 0 Å². The van der Waals surface area contributed by atoms with Crippen LogP contribution in [0.15, 0.2) is 0 Å². The first-order valence-corrected chi connectivity index (χ1v) is 3.36. The van der Waals surface area contributed by atoms with Crippen molar-refractivity contribution < 1.29 is 24.6 Å². The first-order valence-electron chi connectivity index (χ1n) is 1.69. The van der Waals surface area contributed by atoms with Crippen molar-refractivity contribution in [3.63, 3.8) is 0 Å². The lowest BCUT2D eigenvalue weighted by Crippen LogP contribution is -2.32. The van der Waals surface area contributed by atoms with Gasteiger partial charge in [0.05, 0.1) is 0 Å². The van der Waals surface area contributed by atoms with E-state index in [2.05, 4.69) is 0 Å². The molecule has 0 atom stereocenters. The van der Waals surface area contributed by atoms with Gasteiger partial charge < -0.3 is 15.0 Å². The maximum absolute atomic E-state index is 9.57. The largest absolute Gasteiger partial charge is 0.483 e. The van der Waals surface area contributed by atoms with Crippen LogP contribution in [0.5, 0.6) is 0 Å². The third-order valence-electron chi connectivity index (χ3n) is 0.468. The Morgan fingerprint density at radius 2 is 1.38 bits per heavy atom. The third-order valence-corrected chi connectivity index (χ3v) is 1.40. The summed E-state index contributed by atoms with van der Waals surface area (Å²) in [5, 5.41) is 15.6. The molecule has 8 heavy (non-hydrogen) atoms. The van der Waals surface area contributed by atoms with Crippen LogP contribution in [0.25, 0.3) is 0 Å². The number of rotatable bonds is 2. The van der Waals surface area contributed by atoms with Crippen molar-refractivity contribution in [2.24, 2.45) is 0 Å². The monoisotopic (exact) mass is 136 g/mol. The molecule has 0 heterocycles. The first-order chi connectivity index (χ1) is 3.55. The minimum Gasteiger partial charge on any atom is -0.483 e. The molecule has 0 unspecified atom stereocenters. The van der Waals surface area contributed by atoms with Crippen molar-refractivity contribution in [3.8, 4) is 0 Å². The molecule has 0 aliphatic rings. The summed E-state index contributed by atoms with van der Waals surface area (Å²) in [5.41, 5.74) is -3.23. The predicted octanol–water partition coefficient (Wildman–Crippen LogP) is -0.778. The molecule has 0 radical (unpaired) electrons. The van der Waals surface area contributed by atoms with Gasteiger partial charge in [0, 0.05) is 0 Å². The highest BCUT2D eigenvalue weighted by molar-refractivity contribution is 7.03. The van der Waals surface area contributed by atoms with Crippen LogP contribution in [-0.2, 0) is 0 Å². The van der Waals surface area contributed by atoms with Gasteiger partial charge in [-0.15, -0.1) is 0 Å². The Hall–Kier alpha value is -0.883. The van der Waals surface area contributed by atoms with Gasteiger partial charge in [0.1, 0.15) is 0 Å². The molecule has 5 nitrogen and oxygen atoms in total. The van der Waals surface area contributed by atoms with Crippen LogP contribution in [0, 0.1) is 0 Å². The van der Waals surface area contributed by atoms with Crippen LogP contribution in [0.2, 0.25) is 0 Å². The van der Waals surface area contributed by atoms with Gasteiger partial charge in [0.2, 0.25) is 0 Å². The molecule has 3 N–H and O–H groups in total. The van der Waals surface area contributed by atoms with Gasteiger partial charge in [-0.25, -0.2) is 0 Å². The molecule has 0 spiro atoms. The van der Waals surface area contributed by atoms with E-state index < -0.39 is 20.2 Å². The summed E-state index contributed by atoms with van der Waals surface area (Å²) < 4.78 is 0. The van der Waals surface area contributed by atoms with Crippen molar-refractivity contribution in [3.05, 3.63) is 0 Å². The summed E-state index contributed by atoms with van der Waals surface area (Å²) in [6.07, 6.45) is 0. The highest BCUT2D eigenvalue weighted by atomic mass is 28.3. The van der Waals surface area contributed by atoms with Crippen molar-refractivity contribution in [2.45, 2.75) is 0 Å². The van der Waals surface area contributed by atoms with Gasteiger partial charge in [-0.3, -0.25) is 9.59 Å². The van der Waals surface area contributed by atoms with E-state index in [9.17, 15) is 9.59 Å². The Morgan fingerprint density at radius 3 is 1.38 bits per heavy atom. The molecule has 0 bridgehead atoms. The van der Waals surface area contributed by atoms with Crippen LogP contribution in [0.3, 0.4) is 0 Å². The minimum absolute atomic E-state index is 1.61. The Labute approximate surface area is 45.9 Å². The van der Waals surface area contributed by atoms with Gasteiger partial charge >= 0.3 is 20.2 Å². The maximum atomic E-state index is 9.57. The fraction of sp³-hybridized carbons (Fsp3) is 0. The zero-order valence-corrected chi connectivity index (χ0v) is 4.89. The van der Waals surface area contributed by atoms with E-state index in [1.54, 1.807) is 0 Å². The molecule has 0 aromatic carbocycles. The standard InChI is InChI=1S/C2H4O5Si/c3-1(4)8(7)2(5)6/h7-8H,(H,3,4)(H,5,6). The topological polar surface area (TPSA) is 94.8 Å². The molecule has 0 amide bonds. The van der Waals surface area contributed by atoms with Crippen LogP contribution in [0.4, 0.5) is 9.59 Å². The predicted molar refractivity (Wildman–Crippen MR) is 25.4 cm³/mol. The Kier molecular flexibility index (Phi) is 2.16. The van der Waals surface area contributed by atoms with Gasteiger partial charge in [-0.2, -0.15) is 0 Å². The van der Waals surface area contributed by atoms with Gasteiger partial charge in [-0.05, 0) is 0 Å². The molecule has 0 aromatic heterocycles. The van der Waals surface area contributed by atoms with E-state index in [4.69, 9.17) is 15.0 Å². The Morgan fingerprint density at radius 1 is 1.12 bits per heavy atom. The van der Waals surface area contributed by atoms with E-state index >= 15 is 0 Å². The van der Waals surface area contributed by atoms with Crippen molar-refractivity contribution >= 4 is 20.2 Å². The van der Waals surface area contributed by atoms with Gasteiger partial charge in [0.25, 0.3) is 0 Å². The number of carboxylic acid groups (broad SMARTS) is 2. The van der Waals surface area contributed by atoms with Crippen molar-refractivity contribution in [2.75, 3.05) is 0 Å². The van der Waals surface area contributed by atoms with Gasteiger partial charge in [-0.1, -0.05) is 0 Å². The molecule has 6 heteroatoms. The Balaban J connectivity index is 3.83. The fourth-order valence-corrected chi connectivity index (χ4v) is 0.317. The summed E-state index contributed by atoms with van der Waals surface area (Å²) in [6.45, 7) is 0. The summed E-state index contributed by atoms with van der Waals surface area (Å²) in [4.78, 5) is 27.3. The molecule has 0 fully saturated rings. The maximum Gasteiger partial charge on any atom is 0.423 e. The number of hydrogen-bond acceptors (Lipinski definition) is 3. The lowest BCUT2D eigenvalue weighted by Gasteiger charge is -1.90. The average molecular weight is 136 g/mol. The molecule has 0 rings (SSSR count). The van der Waals surface area contributed by atoms with Crippen LogP contribution < -0.4 is 0 Å². The Bertz CT molecular complexity index is 106. The molecule has 46 valence electrons. The van der Waals surface area contributed by atoms with E-state index in [0.717, 1.165) is 0 Å². The van der Waals surface area contributed by atoms with E-state index in [1.165, 1.54) is 0 Å². The zero-order chi connectivity index (χ0) is 6.73. The molecule has 0 aliphatic carbocycles. The summed E-state index contributed by atoms with van der Waals surface area (Å²) in [6, 6.07) is 0. The second-order valence-corrected chi connectivity index (χ2v) is 2.87. The third kappa shape index (κ3) is 1.71. The normalized spacial score (nSPS) is 9.25. The molecular weight excluding hydrogens is 132 g/mol. The highest BCUT2D eigenvalue weighted by Gasteiger charge is 2.25. The summed E-state index contributed by atoms with van der Waals surface area (Å²) in [7, 11) is -3.52. The minimum atomic E-state index is -3.52. The van der Waals surface area contributed by atoms with E-state index in [1.807, 2.05) is 0 Å². The van der Waals surface area contributed by atoms with E-state index in [-0.39, 0.29) is 0 Å². The molecule has 0 aromatic rings. The first kappa shape index (κ1) is 7.12. The summed E-state index contributed by atoms with van der Waals surface area (Å²) in [5.74, 6) is 0. The van der Waals surface area contributed by atoms with Crippen LogP contribution in [-0.4, -0.2) is 35.2 Å². The lowest BCUT2D eigenvalue weighted by molar-refractivity contribution is 0.204. The number of hydrogen-bond donors (Lipinski definition) is 3. The molecule has 0 saturated carbocycles. The lowest BCUT2D eigenvalue weighted by atomic mass is 11.6. The second kappa shape index (κ2) is 2.43. The molecule has 0 aliphatic heterocycles. The molecule has 0 saturated heterocycles. The fourth-order valence-electron chi connectivity index (χ4n) is 0.106. The zero-order valence-electron chi connectivity index (χ0n) is 3.74. The van der Waals surface area contributed by atoms with E-state index in [0.29, 0.717) is 0 Å². The molecular formula is C2H4O5Si. The second-order valence-electron chi connectivity index (χ2n) is 1.08. The van der Waals surface area contributed by atoms with Crippen molar-refractivity contribution in [1.29, 1.82) is 0 Å². The van der Waals surface area contributed by atoms with Crippen LogP contribution >= 0.6 is 0 Å². The highest BCUT2D eigenvalue weighted by Crippen LogP contribution is 1.79. The van der Waals surface area contributed by atoms with Crippen LogP contribution in [0.1, 0.15) is 0 Å². The SMILES string of the molecule is O=C(O)[SiH](O)C(=O)O. The summed E-state index contributed by atoms with van der Waals surface area (Å²) >= 11 is 0. The smallest absolute Gasteiger partial charge is 0.423 e. The number of carbonyl (C=O) groups is 2. The van der Waals surface area contributed by atoms with Crippen molar-refractivity contribution in [1.82, 2.24) is 0 Å².